The maximum Gasteiger partial charge on any atom is 0.410 e. The summed E-state index contributed by atoms with van der Waals surface area (Å²) in [7, 11) is 0. The Bertz CT molecular complexity index is 1820. The van der Waals surface area contributed by atoms with Gasteiger partial charge in [-0.05, 0) is 57.5 Å². The van der Waals surface area contributed by atoms with E-state index in [4.69, 9.17) is 9.84 Å². The second-order valence-corrected chi connectivity index (χ2v) is 11.7. The first-order valence-electron chi connectivity index (χ1n) is 14.1. The lowest BCUT2D eigenvalue weighted by molar-refractivity contribution is 0.0240. The third-order valence-electron chi connectivity index (χ3n) is 7.20. The van der Waals surface area contributed by atoms with Crippen molar-refractivity contribution in [3.63, 3.8) is 0 Å². The molecule has 0 radical (unpaired) electrons. The van der Waals surface area contributed by atoms with Gasteiger partial charge in [0.2, 0.25) is 0 Å². The van der Waals surface area contributed by atoms with Crippen LogP contribution in [0, 0.1) is 12.7 Å². The number of hydrogen-bond donors (Lipinski definition) is 1. The normalized spacial score (nSPS) is 14.0. The molecule has 5 heterocycles. The van der Waals surface area contributed by atoms with Gasteiger partial charge in [-0.25, -0.2) is 14.2 Å². The molecule has 1 fully saturated rings. The van der Waals surface area contributed by atoms with Crippen LogP contribution in [0.15, 0.2) is 61.3 Å². The molecule has 43 heavy (non-hydrogen) atoms. The van der Waals surface area contributed by atoms with E-state index in [2.05, 4.69) is 20.2 Å². The SMILES string of the molecule is Cc1cn2cc(NC(=O)c3ccc(N4CCN(C(=O)OC(C)(C)C)CC4)c4cn(Cc5ccncc5)nc34)cc(F)c2n1. The molecule has 0 spiro atoms. The lowest BCUT2D eigenvalue weighted by Crippen LogP contribution is -2.50. The highest BCUT2D eigenvalue weighted by Crippen LogP contribution is 2.31. The van der Waals surface area contributed by atoms with Gasteiger partial charge in [-0.2, -0.15) is 5.10 Å². The van der Waals surface area contributed by atoms with E-state index >= 15 is 0 Å². The first kappa shape index (κ1) is 28.1. The van der Waals surface area contributed by atoms with Crippen molar-refractivity contribution in [2.75, 3.05) is 36.4 Å². The predicted molar refractivity (Wildman–Crippen MR) is 161 cm³/mol. The Balaban J connectivity index is 1.30. The minimum atomic E-state index is -0.560. The lowest BCUT2D eigenvalue weighted by atomic mass is 10.1. The molecule has 6 rings (SSSR count). The molecular weight excluding hydrogens is 551 g/mol. The largest absolute Gasteiger partial charge is 0.444 e. The second-order valence-electron chi connectivity index (χ2n) is 11.7. The van der Waals surface area contributed by atoms with E-state index in [1.54, 1.807) is 51.8 Å². The molecule has 1 N–H and O–H groups in total. The number of carbonyl (C=O) groups excluding carboxylic acids is 2. The molecule has 0 bridgehead atoms. The number of aryl methyl sites for hydroxylation is 1. The van der Waals surface area contributed by atoms with E-state index < -0.39 is 17.3 Å². The van der Waals surface area contributed by atoms with Gasteiger partial charge in [0.25, 0.3) is 5.91 Å². The highest BCUT2D eigenvalue weighted by atomic mass is 19.1. The van der Waals surface area contributed by atoms with Crippen molar-refractivity contribution in [3.8, 4) is 0 Å². The minimum Gasteiger partial charge on any atom is -0.444 e. The number of aromatic nitrogens is 5. The monoisotopic (exact) mass is 584 g/mol. The fourth-order valence-electron chi connectivity index (χ4n) is 5.26. The van der Waals surface area contributed by atoms with Gasteiger partial charge in [0, 0.05) is 74.3 Å². The molecule has 0 unspecified atom stereocenters. The van der Waals surface area contributed by atoms with Crippen molar-refractivity contribution in [1.82, 2.24) is 29.0 Å². The maximum atomic E-state index is 14.7. The third kappa shape index (κ3) is 5.99. The molecule has 222 valence electrons. The summed E-state index contributed by atoms with van der Waals surface area (Å²) in [6.07, 6.45) is 8.39. The van der Waals surface area contributed by atoms with Gasteiger partial charge in [0.05, 0.1) is 23.5 Å². The summed E-state index contributed by atoms with van der Waals surface area (Å²) in [5.74, 6) is -0.936. The zero-order valence-electron chi connectivity index (χ0n) is 24.5. The van der Waals surface area contributed by atoms with Crippen molar-refractivity contribution >= 4 is 39.9 Å². The van der Waals surface area contributed by atoms with E-state index in [0.29, 0.717) is 55.2 Å². The standard InChI is InChI=1S/C31H33FN8O3/c1-20-16-39-18-22(15-25(32)28(39)34-20)35-29(41)23-5-6-26(37-11-13-38(14-12-37)30(42)43-31(2,3)4)24-19-40(36-27(23)24)17-21-7-9-33-10-8-21/h5-10,15-16,18-19H,11-14,17H2,1-4H3,(H,35,41). The van der Waals surface area contributed by atoms with Crippen molar-refractivity contribution in [3.05, 3.63) is 84.0 Å². The number of fused-ring (bicyclic) bond motifs is 2. The number of carbonyl (C=O) groups is 2. The average Bonchev–Trinajstić information content (AvgIpc) is 3.55. The van der Waals surface area contributed by atoms with Crippen LogP contribution >= 0.6 is 0 Å². The summed E-state index contributed by atoms with van der Waals surface area (Å²) < 4.78 is 23.6. The Morgan fingerprint density at radius 2 is 1.77 bits per heavy atom. The summed E-state index contributed by atoms with van der Waals surface area (Å²) >= 11 is 0. The van der Waals surface area contributed by atoms with Crippen LogP contribution < -0.4 is 10.2 Å². The number of amides is 2. The van der Waals surface area contributed by atoms with Gasteiger partial charge in [-0.1, -0.05) is 0 Å². The van der Waals surface area contributed by atoms with Crippen LogP contribution in [0.25, 0.3) is 16.6 Å². The van der Waals surface area contributed by atoms with E-state index in [-0.39, 0.29) is 11.7 Å². The Morgan fingerprint density at radius 1 is 1.02 bits per heavy atom. The number of ether oxygens (including phenoxy) is 1. The van der Waals surface area contributed by atoms with Crippen molar-refractivity contribution in [1.29, 1.82) is 0 Å². The van der Waals surface area contributed by atoms with Crippen LogP contribution in [0.3, 0.4) is 0 Å². The highest BCUT2D eigenvalue weighted by Gasteiger charge is 2.28. The summed E-state index contributed by atoms with van der Waals surface area (Å²) in [5, 5.41) is 8.45. The molecule has 1 saturated heterocycles. The van der Waals surface area contributed by atoms with Crippen LogP contribution in [-0.4, -0.2) is 72.8 Å². The number of nitrogens with one attached hydrogen (secondary N) is 1. The average molecular weight is 585 g/mol. The molecular formula is C31H33FN8O3. The molecule has 4 aromatic heterocycles. The maximum absolute atomic E-state index is 14.7. The Labute approximate surface area is 247 Å². The molecule has 2 amide bonds. The van der Waals surface area contributed by atoms with Crippen LogP contribution in [0.5, 0.6) is 0 Å². The van der Waals surface area contributed by atoms with Crippen molar-refractivity contribution < 1.29 is 18.7 Å². The Morgan fingerprint density at radius 3 is 2.49 bits per heavy atom. The molecule has 1 aliphatic heterocycles. The topological polar surface area (TPSA) is 110 Å². The smallest absolute Gasteiger partial charge is 0.410 e. The third-order valence-corrected chi connectivity index (χ3v) is 7.20. The van der Waals surface area contributed by atoms with Crippen LogP contribution in [0.4, 0.5) is 20.6 Å². The molecule has 0 atom stereocenters. The van der Waals surface area contributed by atoms with Crippen LogP contribution in [0.1, 0.15) is 42.4 Å². The van der Waals surface area contributed by atoms with Gasteiger partial charge in [-0.15, -0.1) is 0 Å². The molecule has 11 nitrogen and oxygen atoms in total. The number of imidazole rings is 1. The van der Waals surface area contributed by atoms with Crippen LogP contribution in [-0.2, 0) is 11.3 Å². The predicted octanol–water partition coefficient (Wildman–Crippen LogP) is 4.88. The minimum absolute atomic E-state index is 0.198. The number of halogens is 1. The molecule has 1 aromatic carbocycles. The van der Waals surface area contributed by atoms with Gasteiger partial charge in [-0.3, -0.25) is 14.5 Å². The number of hydrogen-bond acceptors (Lipinski definition) is 7. The zero-order chi connectivity index (χ0) is 30.3. The lowest BCUT2D eigenvalue weighted by Gasteiger charge is -2.37. The number of piperazine rings is 1. The van der Waals surface area contributed by atoms with E-state index in [0.717, 1.165) is 16.6 Å². The molecule has 5 aromatic rings. The van der Waals surface area contributed by atoms with Crippen molar-refractivity contribution in [2.45, 2.75) is 39.8 Å². The first-order valence-corrected chi connectivity index (χ1v) is 14.1. The number of rotatable bonds is 5. The molecule has 0 aliphatic carbocycles. The first-order chi connectivity index (χ1) is 20.5. The molecule has 0 saturated carbocycles. The summed E-state index contributed by atoms with van der Waals surface area (Å²) in [5.41, 5.74) is 3.43. The Hall–Kier alpha value is -5.00. The van der Waals surface area contributed by atoms with Gasteiger partial charge in [0.15, 0.2) is 11.5 Å². The number of anilines is 2. The van der Waals surface area contributed by atoms with Gasteiger partial charge < -0.3 is 24.3 Å². The summed E-state index contributed by atoms with van der Waals surface area (Å²) in [6.45, 7) is 10.0. The Kier molecular flexibility index (Phi) is 7.20. The van der Waals surface area contributed by atoms with Crippen LogP contribution in [0.2, 0.25) is 0 Å². The summed E-state index contributed by atoms with van der Waals surface area (Å²) in [6, 6.07) is 8.74. The summed E-state index contributed by atoms with van der Waals surface area (Å²) in [4.78, 5) is 38.4. The number of benzene rings is 1. The molecule has 1 aliphatic rings. The fourth-order valence-corrected chi connectivity index (χ4v) is 5.26. The molecule has 12 heteroatoms. The second kappa shape index (κ2) is 11.0. The highest BCUT2D eigenvalue weighted by molar-refractivity contribution is 6.14. The van der Waals surface area contributed by atoms with E-state index in [1.165, 1.54) is 6.07 Å². The number of pyridine rings is 2. The van der Waals surface area contributed by atoms with Crippen molar-refractivity contribution in [2.24, 2.45) is 0 Å². The zero-order valence-corrected chi connectivity index (χ0v) is 24.5. The van der Waals surface area contributed by atoms with Gasteiger partial charge in [0.1, 0.15) is 11.1 Å². The van der Waals surface area contributed by atoms with E-state index in [1.807, 2.05) is 45.2 Å². The quantitative estimate of drug-likeness (QED) is 0.313. The van der Waals surface area contributed by atoms with Gasteiger partial charge >= 0.3 is 6.09 Å². The fraction of sp³-hybridized carbons (Fsp3) is 0.323. The van der Waals surface area contributed by atoms with E-state index in [9.17, 15) is 14.0 Å². The number of nitrogens with zero attached hydrogens (tertiary/aromatic N) is 7.